The van der Waals surface area contributed by atoms with E-state index in [-0.39, 0.29) is 54.8 Å². The molecule has 9 heteroatoms. The van der Waals surface area contributed by atoms with Crippen molar-refractivity contribution in [2.45, 2.75) is 77.5 Å². The summed E-state index contributed by atoms with van der Waals surface area (Å²) in [6.45, 7) is 15.5. The predicted octanol–water partition coefficient (Wildman–Crippen LogP) is 5.55. The SMILES string of the molecule is O.[CH2-]c1cc(NCC2CCCO2)ccc1C1CN(C2=C(\OCC3(C)CC3)C(=O)N(c3cccc(CC)c3)C(C)C\C=C\2)CCN1.[Os+2]. The average Bonchev–Trinajstić information content (AvgIpc) is 3.52. The number of hydrogen-bond donors (Lipinski definition) is 2. The number of allylic oxidation sites excluding steroid dienone is 1. The summed E-state index contributed by atoms with van der Waals surface area (Å²) in [5.74, 6) is 0.413. The minimum absolute atomic E-state index is 0. The summed E-state index contributed by atoms with van der Waals surface area (Å²) in [4.78, 5) is 18.8. The molecule has 3 atom stereocenters. The first kappa shape index (κ1) is 36.0. The van der Waals surface area contributed by atoms with Gasteiger partial charge >= 0.3 is 19.8 Å². The fourth-order valence-electron chi connectivity index (χ4n) is 6.53. The number of nitrogens with zero attached hydrogens (tertiary/aromatic N) is 2. The van der Waals surface area contributed by atoms with E-state index < -0.39 is 0 Å². The first-order valence-electron chi connectivity index (χ1n) is 16.6. The number of nitrogens with one attached hydrogen (secondary N) is 2. The standard InChI is InChI=1S/C37H49N4O3.H2O.Os/c1-5-28-10-7-11-30(22-28)41-27(3)9-6-13-34(35(36(41)42)44-25-37(4)16-17-37)40-19-18-38-33(24-40)32-15-14-29(21-26(32)2)39-23-31-12-8-20-43-31;;/h6-7,10-11,13-15,21-22,27,31,33,38-39H,2,5,8-9,12,16-20,23-25H2,1,3-4H3;1H2;/q-1;;+2/b13-6+,35-34-;;. The van der Waals surface area contributed by atoms with Gasteiger partial charge in [0, 0.05) is 56.0 Å². The van der Waals surface area contributed by atoms with E-state index in [4.69, 9.17) is 9.47 Å². The third-order valence-corrected chi connectivity index (χ3v) is 9.70. The van der Waals surface area contributed by atoms with Crippen molar-refractivity contribution in [1.29, 1.82) is 0 Å². The molecule has 250 valence electrons. The Morgan fingerprint density at radius 3 is 2.74 bits per heavy atom. The van der Waals surface area contributed by atoms with Gasteiger partial charge in [-0.2, -0.15) is 12.5 Å². The number of amides is 1. The zero-order valence-corrected chi connectivity index (χ0v) is 30.1. The van der Waals surface area contributed by atoms with Gasteiger partial charge in [-0.1, -0.05) is 38.1 Å². The molecule has 3 unspecified atom stereocenters. The predicted molar refractivity (Wildman–Crippen MR) is 181 cm³/mol. The van der Waals surface area contributed by atoms with Gasteiger partial charge < -0.3 is 35.4 Å². The Morgan fingerprint density at radius 2 is 2.02 bits per heavy atom. The summed E-state index contributed by atoms with van der Waals surface area (Å²) < 4.78 is 12.3. The van der Waals surface area contributed by atoms with E-state index in [2.05, 4.69) is 91.8 Å². The molecule has 0 spiro atoms. The van der Waals surface area contributed by atoms with Crippen molar-refractivity contribution in [3.8, 4) is 0 Å². The van der Waals surface area contributed by atoms with Crippen molar-refractivity contribution in [3.63, 3.8) is 0 Å². The van der Waals surface area contributed by atoms with Gasteiger partial charge in [0.1, 0.15) is 0 Å². The molecule has 0 radical (unpaired) electrons. The van der Waals surface area contributed by atoms with Crippen LogP contribution in [-0.4, -0.2) is 67.8 Å². The van der Waals surface area contributed by atoms with E-state index in [9.17, 15) is 4.79 Å². The number of piperazine rings is 1. The third kappa shape index (κ3) is 8.36. The number of ether oxygens (including phenoxy) is 2. The maximum absolute atomic E-state index is 14.5. The summed E-state index contributed by atoms with van der Waals surface area (Å²) in [5, 5.41) is 7.24. The monoisotopic (exact) mass is 807 g/mol. The molecule has 0 aromatic heterocycles. The Balaban J connectivity index is 0.00000240. The molecule has 3 aliphatic heterocycles. The van der Waals surface area contributed by atoms with E-state index in [1.165, 1.54) is 11.1 Å². The van der Waals surface area contributed by atoms with Gasteiger partial charge in [0.15, 0.2) is 0 Å². The second kappa shape index (κ2) is 15.8. The minimum atomic E-state index is -0.0519. The molecule has 4 aliphatic rings. The van der Waals surface area contributed by atoms with Gasteiger partial charge in [-0.3, -0.25) is 4.79 Å². The Kier molecular flexibility index (Phi) is 12.4. The normalized spacial score (nSPS) is 26.3. The number of carbonyl (C=O) groups excluding carboxylic acids is 1. The molecule has 3 fully saturated rings. The number of carbonyl (C=O) groups is 1. The van der Waals surface area contributed by atoms with Gasteiger partial charge in [-0.25, -0.2) is 0 Å². The molecule has 6 rings (SSSR count). The van der Waals surface area contributed by atoms with Gasteiger partial charge in [0.2, 0.25) is 5.76 Å². The molecule has 4 N–H and O–H groups in total. The number of hydrogen-bond acceptors (Lipinski definition) is 6. The van der Waals surface area contributed by atoms with Crippen LogP contribution in [0.2, 0.25) is 0 Å². The molecule has 2 aromatic carbocycles. The summed E-state index contributed by atoms with van der Waals surface area (Å²) in [5.41, 5.74) is 6.45. The molecule has 8 nitrogen and oxygen atoms in total. The van der Waals surface area contributed by atoms with Crippen molar-refractivity contribution in [1.82, 2.24) is 10.2 Å². The van der Waals surface area contributed by atoms with Crippen LogP contribution in [0.5, 0.6) is 0 Å². The molecular formula is C37H51N4O4Os+. The second-order valence-electron chi connectivity index (χ2n) is 13.4. The van der Waals surface area contributed by atoms with E-state index in [0.717, 1.165) is 93.9 Å². The maximum Gasteiger partial charge on any atom is 2.00 e. The largest absolute Gasteiger partial charge is 2.00 e. The number of anilines is 2. The van der Waals surface area contributed by atoms with Crippen LogP contribution in [0.1, 0.15) is 75.6 Å². The Labute approximate surface area is 288 Å². The summed E-state index contributed by atoms with van der Waals surface area (Å²) >= 11 is 0. The van der Waals surface area contributed by atoms with Gasteiger partial charge in [0.05, 0.1) is 18.4 Å². The van der Waals surface area contributed by atoms with E-state index in [0.29, 0.717) is 12.4 Å². The Hall–Kier alpha value is -2.82. The van der Waals surface area contributed by atoms with Crippen molar-refractivity contribution in [3.05, 3.63) is 89.7 Å². The smallest absolute Gasteiger partial charge is 0.486 e. The first-order chi connectivity index (χ1) is 21.3. The molecule has 3 heterocycles. The van der Waals surface area contributed by atoms with Crippen LogP contribution in [0.3, 0.4) is 0 Å². The molecule has 1 amide bonds. The fourth-order valence-corrected chi connectivity index (χ4v) is 6.53. The van der Waals surface area contributed by atoms with Crippen molar-refractivity contribution >= 4 is 17.3 Å². The first-order valence-corrected chi connectivity index (χ1v) is 16.6. The summed E-state index contributed by atoms with van der Waals surface area (Å²) in [6, 6.07) is 14.9. The molecule has 2 aromatic rings. The van der Waals surface area contributed by atoms with Crippen molar-refractivity contribution in [2.75, 3.05) is 49.6 Å². The van der Waals surface area contributed by atoms with Gasteiger partial charge in [-0.05, 0) is 74.9 Å². The van der Waals surface area contributed by atoms with Crippen LogP contribution < -0.4 is 15.5 Å². The van der Waals surface area contributed by atoms with Gasteiger partial charge in [0.25, 0.3) is 5.91 Å². The van der Waals surface area contributed by atoms with Crippen LogP contribution in [0.4, 0.5) is 11.4 Å². The van der Waals surface area contributed by atoms with Crippen LogP contribution in [0.15, 0.2) is 66.1 Å². The second-order valence-corrected chi connectivity index (χ2v) is 13.4. The molecule has 1 aliphatic carbocycles. The molecule has 1 saturated carbocycles. The van der Waals surface area contributed by atoms with E-state index >= 15 is 0 Å². The van der Waals surface area contributed by atoms with Crippen molar-refractivity contribution < 1.29 is 39.5 Å². The maximum atomic E-state index is 14.5. The quantitative estimate of drug-likeness (QED) is 0.306. The molecule has 0 bridgehead atoms. The number of rotatable bonds is 10. The fraction of sp³-hybridized carbons (Fsp3) is 0.514. The zero-order chi connectivity index (χ0) is 30.7. The Bertz CT molecular complexity index is 1400. The topological polar surface area (TPSA) is 97.6 Å². The zero-order valence-electron chi connectivity index (χ0n) is 27.6. The van der Waals surface area contributed by atoms with Crippen LogP contribution in [0, 0.1) is 12.3 Å². The van der Waals surface area contributed by atoms with E-state index in [1.807, 2.05) is 11.0 Å². The van der Waals surface area contributed by atoms with Crippen LogP contribution in [-0.2, 0) is 40.5 Å². The summed E-state index contributed by atoms with van der Waals surface area (Å²) in [6.07, 6.45) is 10.9. The third-order valence-electron chi connectivity index (χ3n) is 9.70. The Morgan fingerprint density at radius 1 is 1.20 bits per heavy atom. The van der Waals surface area contributed by atoms with Crippen LogP contribution >= 0.6 is 0 Å². The van der Waals surface area contributed by atoms with Crippen LogP contribution in [0.25, 0.3) is 0 Å². The molecule has 2 saturated heterocycles. The minimum Gasteiger partial charge on any atom is -0.486 e. The molecular weight excluding hydrogens is 755 g/mol. The van der Waals surface area contributed by atoms with Crippen molar-refractivity contribution in [2.24, 2.45) is 5.41 Å². The van der Waals surface area contributed by atoms with E-state index in [1.54, 1.807) is 0 Å². The average molecular weight is 806 g/mol. The summed E-state index contributed by atoms with van der Waals surface area (Å²) in [7, 11) is 0. The number of aryl methyl sites for hydroxylation is 1. The molecule has 46 heavy (non-hydrogen) atoms. The number of benzene rings is 2. The van der Waals surface area contributed by atoms with Gasteiger partial charge in [-0.15, -0.1) is 17.7 Å².